The van der Waals surface area contributed by atoms with E-state index in [1.807, 2.05) is 5.38 Å². The molecule has 0 atom stereocenters. The fourth-order valence-corrected chi connectivity index (χ4v) is 3.25. The number of aliphatic hydroxyl groups is 1. The van der Waals surface area contributed by atoms with E-state index < -0.39 is 0 Å². The molecule has 1 fully saturated rings. The van der Waals surface area contributed by atoms with Crippen molar-refractivity contribution in [2.45, 2.75) is 6.54 Å². The van der Waals surface area contributed by atoms with Gasteiger partial charge in [-0.3, -0.25) is 19.0 Å². The van der Waals surface area contributed by atoms with E-state index >= 15 is 0 Å². The van der Waals surface area contributed by atoms with Crippen LogP contribution in [-0.2, 0) is 6.54 Å². The Labute approximate surface area is 120 Å². The molecule has 20 heavy (non-hydrogen) atoms. The molecule has 0 spiro atoms. The van der Waals surface area contributed by atoms with E-state index in [-0.39, 0.29) is 12.2 Å². The summed E-state index contributed by atoms with van der Waals surface area (Å²) in [5, 5.41) is 10.8. The number of aromatic nitrogens is 2. The van der Waals surface area contributed by atoms with Gasteiger partial charge in [-0.2, -0.15) is 0 Å². The molecule has 0 aromatic carbocycles. The van der Waals surface area contributed by atoms with Crippen molar-refractivity contribution in [3.8, 4) is 0 Å². The number of aliphatic hydroxyl groups excluding tert-OH is 1. The predicted molar refractivity (Wildman–Crippen MR) is 78.1 cm³/mol. The Hall–Kier alpha value is -1.28. The third kappa shape index (κ3) is 2.90. The lowest BCUT2D eigenvalue weighted by Gasteiger charge is -2.34. The Morgan fingerprint density at radius 3 is 2.75 bits per heavy atom. The molecule has 7 heteroatoms. The molecular formula is C13H18N4O2S. The van der Waals surface area contributed by atoms with Crippen molar-refractivity contribution in [2.24, 2.45) is 0 Å². The monoisotopic (exact) mass is 294 g/mol. The van der Waals surface area contributed by atoms with E-state index in [0.717, 1.165) is 49.9 Å². The predicted octanol–water partition coefficient (Wildman–Crippen LogP) is -0.134. The molecule has 0 unspecified atom stereocenters. The number of piperazine rings is 1. The van der Waals surface area contributed by atoms with Crippen molar-refractivity contribution in [3.05, 3.63) is 33.7 Å². The largest absolute Gasteiger partial charge is 0.395 e. The lowest BCUT2D eigenvalue weighted by Crippen LogP contribution is -2.46. The molecule has 3 rings (SSSR count). The Morgan fingerprint density at radius 1 is 1.25 bits per heavy atom. The third-order valence-electron chi connectivity index (χ3n) is 3.62. The van der Waals surface area contributed by atoms with Gasteiger partial charge >= 0.3 is 0 Å². The van der Waals surface area contributed by atoms with Crippen molar-refractivity contribution in [1.29, 1.82) is 0 Å². The molecule has 0 saturated carbocycles. The lowest BCUT2D eigenvalue weighted by molar-refractivity contribution is 0.108. The number of β-amino-alcohol motifs (C(OH)–C–C–N with tert-alkyl or cyclic N) is 1. The molecule has 3 heterocycles. The Balaban J connectivity index is 1.66. The molecule has 1 N–H and O–H groups in total. The molecule has 1 aliphatic heterocycles. The molecule has 2 aromatic heterocycles. The minimum atomic E-state index is -0.00911. The van der Waals surface area contributed by atoms with Crippen molar-refractivity contribution >= 4 is 16.3 Å². The van der Waals surface area contributed by atoms with Gasteiger partial charge in [-0.05, 0) is 0 Å². The average Bonchev–Trinajstić information content (AvgIpc) is 2.90. The van der Waals surface area contributed by atoms with Gasteiger partial charge < -0.3 is 5.11 Å². The van der Waals surface area contributed by atoms with Crippen LogP contribution in [0.15, 0.2) is 22.4 Å². The SMILES string of the molecule is O=c1cc(CN2CCN(CCO)CC2)nc2sccn12. The van der Waals surface area contributed by atoms with Gasteiger partial charge in [0.05, 0.1) is 12.3 Å². The standard InChI is InChI=1S/C13H18N4O2S/c18-7-5-15-1-3-16(4-2-15)10-11-9-12(19)17-6-8-20-13(17)14-11/h6,8-9,18H,1-5,7,10H2. The molecule has 0 aliphatic carbocycles. The Bertz CT molecular complexity index is 631. The van der Waals surface area contributed by atoms with E-state index in [1.54, 1.807) is 16.7 Å². The summed E-state index contributed by atoms with van der Waals surface area (Å²) in [6, 6.07) is 1.62. The second-order valence-corrected chi connectivity index (χ2v) is 5.86. The molecule has 108 valence electrons. The Morgan fingerprint density at radius 2 is 2.00 bits per heavy atom. The highest BCUT2D eigenvalue weighted by Crippen LogP contribution is 2.09. The zero-order valence-corrected chi connectivity index (χ0v) is 12.1. The number of fused-ring (bicyclic) bond motifs is 1. The summed E-state index contributed by atoms with van der Waals surface area (Å²) < 4.78 is 1.58. The lowest BCUT2D eigenvalue weighted by atomic mass is 10.3. The second kappa shape index (κ2) is 6.01. The van der Waals surface area contributed by atoms with Gasteiger partial charge in [0.25, 0.3) is 5.56 Å². The van der Waals surface area contributed by atoms with Crippen LogP contribution in [0.3, 0.4) is 0 Å². The average molecular weight is 294 g/mol. The van der Waals surface area contributed by atoms with E-state index in [1.165, 1.54) is 11.3 Å². The maximum absolute atomic E-state index is 11.9. The smallest absolute Gasteiger partial charge is 0.258 e. The van der Waals surface area contributed by atoms with E-state index in [0.29, 0.717) is 0 Å². The molecule has 1 saturated heterocycles. The van der Waals surface area contributed by atoms with Crippen molar-refractivity contribution < 1.29 is 5.11 Å². The quantitative estimate of drug-likeness (QED) is 0.851. The van der Waals surface area contributed by atoms with Crippen LogP contribution >= 0.6 is 11.3 Å². The van der Waals surface area contributed by atoms with Crippen LogP contribution in [0, 0.1) is 0 Å². The third-order valence-corrected chi connectivity index (χ3v) is 4.38. The first kappa shape index (κ1) is 13.7. The Kier molecular flexibility index (Phi) is 4.11. The van der Waals surface area contributed by atoms with Crippen LogP contribution in [0.4, 0.5) is 0 Å². The van der Waals surface area contributed by atoms with Crippen molar-refractivity contribution in [3.63, 3.8) is 0 Å². The van der Waals surface area contributed by atoms with Gasteiger partial charge in [0.2, 0.25) is 0 Å². The highest BCUT2D eigenvalue weighted by atomic mass is 32.1. The summed E-state index contributed by atoms with van der Waals surface area (Å²) in [6.45, 7) is 5.50. The summed E-state index contributed by atoms with van der Waals surface area (Å²) in [4.78, 5) is 21.8. The van der Waals surface area contributed by atoms with Gasteiger partial charge in [-0.1, -0.05) is 0 Å². The van der Waals surface area contributed by atoms with Crippen molar-refractivity contribution in [1.82, 2.24) is 19.2 Å². The van der Waals surface area contributed by atoms with Gasteiger partial charge in [0.1, 0.15) is 0 Å². The molecular weight excluding hydrogens is 276 g/mol. The topological polar surface area (TPSA) is 61.1 Å². The van der Waals surface area contributed by atoms with Crippen LogP contribution in [0.1, 0.15) is 5.69 Å². The first-order chi connectivity index (χ1) is 9.76. The molecule has 2 aromatic rings. The molecule has 0 bridgehead atoms. The highest BCUT2D eigenvalue weighted by molar-refractivity contribution is 7.15. The first-order valence-electron chi connectivity index (χ1n) is 6.77. The van der Waals surface area contributed by atoms with E-state index in [9.17, 15) is 4.79 Å². The minimum absolute atomic E-state index is 0.00911. The highest BCUT2D eigenvalue weighted by Gasteiger charge is 2.17. The maximum Gasteiger partial charge on any atom is 0.258 e. The number of nitrogens with zero attached hydrogens (tertiary/aromatic N) is 4. The summed E-state index contributed by atoms with van der Waals surface area (Å²) >= 11 is 1.48. The zero-order valence-electron chi connectivity index (χ0n) is 11.2. The zero-order chi connectivity index (χ0) is 13.9. The summed E-state index contributed by atoms with van der Waals surface area (Å²) in [5.74, 6) is 0. The van der Waals surface area contributed by atoms with Crippen molar-refractivity contribution in [2.75, 3.05) is 39.3 Å². The molecule has 1 aliphatic rings. The molecule has 6 nitrogen and oxygen atoms in total. The molecule has 0 radical (unpaired) electrons. The second-order valence-electron chi connectivity index (χ2n) is 4.98. The number of thiazole rings is 1. The summed E-state index contributed by atoms with van der Waals surface area (Å²) in [5.41, 5.74) is 0.832. The van der Waals surface area contributed by atoms with Crippen LogP contribution < -0.4 is 5.56 Å². The van der Waals surface area contributed by atoms with Gasteiger partial charge in [-0.15, -0.1) is 11.3 Å². The van der Waals surface area contributed by atoms with Gasteiger partial charge in [0, 0.05) is 56.9 Å². The van der Waals surface area contributed by atoms with Crippen LogP contribution in [0.25, 0.3) is 4.96 Å². The van der Waals surface area contributed by atoms with Crippen LogP contribution in [0.5, 0.6) is 0 Å². The number of hydrogen-bond acceptors (Lipinski definition) is 6. The fraction of sp³-hybridized carbons (Fsp3) is 0.538. The fourth-order valence-electron chi connectivity index (χ4n) is 2.51. The normalized spacial score (nSPS) is 17.9. The first-order valence-corrected chi connectivity index (χ1v) is 7.65. The number of rotatable bonds is 4. The van der Waals surface area contributed by atoms with Gasteiger partial charge in [-0.25, -0.2) is 4.98 Å². The van der Waals surface area contributed by atoms with Crippen LogP contribution in [0.2, 0.25) is 0 Å². The summed E-state index contributed by atoms with van der Waals surface area (Å²) in [6.07, 6.45) is 1.76. The van der Waals surface area contributed by atoms with Gasteiger partial charge in [0.15, 0.2) is 4.96 Å². The van der Waals surface area contributed by atoms with E-state index in [4.69, 9.17) is 5.11 Å². The van der Waals surface area contributed by atoms with Crippen LogP contribution in [-0.4, -0.2) is 63.6 Å². The van der Waals surface area contributed by atoms with E-state index in [2.05, 4.69) is 14.8 Å². The summed E-state index contributed by atoms with van der Waals surface area (Å²) in [7, 11) is 0. The number of hydrogen-bond donors (Lipinski definition) is 1. The minimum Gasteiger partial charge on any atom is -0.395 e. The molecule has 0 amide bonds. The maximum atomic E-state index is 11.9.